The molecule has 0 spiro atoms. The number of hydrogen-bond acceptors (Lipinski definition) is 2. The number of hydrogen-bond donors (Lipinski definition) is 0. The van der Waals surface area contributed by atoms with Gasteiger partial charge in [0.15, 0.2) is 0 Å². The number of rotatable bonds is 1. The topological polar surface area (TPSA) is 20.3 Å². The van der Waals surface area contributed by atoms with Crippen molar-refractivity contribution >= 4 is 27.4 Å². The van der Waals surface area contributed by atoms with Crippen LogP contribution in [0.3, 0.4) is 0 Å². The third-order valence-electron chi connectivity index (χ3n) is 2.92. The largest absolute Gasteiger partial charge is 0.368 e. The average molecular weight is 286 g/mol. The van der Waals surface area contributed by atoms with Gasteiger partial charge >= 0.3 is 0 Å². The standard InChI is InChI=1S/C12H13BrFNO/c1-8-7-15(5-4-12(8)16)11-3-2-9(13)6-10(11)14/h2-3,6,8H,4-5,7H2,1H3. The number of benzene rings is 1. The van der Waals surface area contributed by atoms with Crippen LogP contribution in [0.5, 0.6) is 0 Å². The Hall–Kier alpha value is -0.900. The van der Waals surface area contributed by atoms with Crippen molar-refractivity contribution in [1.29, 1.82) is 0 Å². The molecule has 0 radical (unpaired) electrons. The third-order valence-corrected chi connectivity index (χ3v) is 3.42. The summed E-state index contributed by atoms with van der Waals surface area (Å²) in [5.74, 6) is 0.0292. The summed E-state index contributed by atoms with van der Waals surface area (Å²) < 4.78 is 14.4. The van der Waals surface area contributed by atoms with Crippen molar-refractivity contribution in [3.63, 3.8) is 0 Å². The van der Waals surface area contributed by atoms with Crippen LogP contribution in [-0.2, 0) is 4.79 Å². The maximum atomic E-state index is 13.7. The Morgan fingerprint density at radius 2 is 2.25 bits per heavy atom. The Kier molecular flexibility index (Phi) is 3.28. The monoisotopic (exact) mass is 285 g/mol. The first-order valence-corrected chi connectivity index (χ1v) is 6.10. The van der Waals surface area contributed by atoms with E-state index in [9.17, 15) is 9.18 Å². The molecule has 1 aliphatic rings. The molecule has 0 aliphatic carbocycles. The van der Waals surface area contributed by atoms with Crippen molar-refractivity contribution < 1.29 is 9.18 Å². The van der Waals surface area contributed by atoms with E-state index in [4.69, 9.17) is 0 Å². The molecule has 1 aromatic carbocycles. The first-order valence-electron chi connectivity index (χ1n) is 5.30. The van der Waals surface area contributed by atoms with Crippen molar-refractivity contribution in [3.05, 3.63) is 28.5 Å². The summed E-state index contributed by atoms with van der Waals surface area (Å²) in [5, 5.41) is 0. The molecule has 0 N–H and O–H groups in total. The number of nitrogens with zero attached hydrogens (tertiary/aromatic N) is 1. The lowest BCUT2D eigenvalue weighted by Crippen LogP contribution is -2.40. The second-order valence-electron chi connectivity index (χ2n) is 4.16. The van der Waals surface area contributed by atoms with E-state index >= 15 is 0 Å². The molecule has 0 saturated carbocycles. The zero-order valence-electron chi connectivity index (χ0n) is 9.04. The molecule has 1 saturated heterocycles. The highest BCUT2D eigenvalue weighted by Gasteiger charge is 2.24. The van der Waals surface area contributed by atoms with Crippen molar-refractivity contribution in [3.8, 4) is 0 Å². The molecular formula is C12H13BrFNO. The number of ketones is 1. The van der Waals surface area contributed by atoms with E-state index in [1.54, 1.807) is 6.07 Å². The molecule has 1 aromatic rings. The van der Waals surface area contributed by atoms with E-state index in [1.807, 2.05) is 17.9 Å². The molecule has 86 valence electrons. The molecule has 16 heavy (non-hydrogen) atoms. The number of piperidine rings is 1. The third kappa shape index (κ3) is 2.26. The van der Waals surface area contributed by atoms with E-state index in [0.29, 0.717) is 25.2 Å². The Morgan fingerprint density at radius 3 is 2.88 bits per heavy atom. The van der Waals surface area contributed by atoms with Crippen LogP contribution in [0.15, 0.2) is 22.7 Å². The summed E-state index contributed by atoms with van der Waals surface area (Å²) in [6, 6.07) is 5.03. The fraction of sp³-hybridized carbons (Fsp3) is 0.417. The van der Waals surface area contributed by atoms with Crippen LogP contribution in [0.1, 0.15) is 13.3 Å². The Morgan fingerprint density at radius 1 is 1.50 bits per heavy atom. The molecular weight excluding hydrogens is 273 g/mol. The van der Waals surface area contributed by atoms with E-state index in [0.717, 1.165) is 4.47 Å². The molecule has 1 heterocycles. The molecule has 1 aliphatic heterocycles. The van der Waals surface area contributed by atoms with Gasteiger partial charge in [0.05, 0.1) is 5.69 Å². The highest BCUT2D eigenvalue weighted by molar-refractivity contribution is 9.10. The summed E-state index contributed by atoms with van der Waals surface area (Å²) in [7, 11) is 0. The highest BCUT2D eigenvalue weighted by atomic mass is 79.9. The van der Waals surface area contributed by atoms with Crippen molar-refractivity contribution in [2.45, 2.75) is 13.3 Å². The Balaban J connectivity index is 2.21. The number of anilines is 1. The molecule has 0 aromatic heterocycles. The van der Waals surface area contributed by atoms with Gasteiger partial charge < -0.3 is 4.90 Å². The molecule has 2 nitrogen and oxygen atoms in total. The number of halogens is 2. The number of Topliss-reactive ketones (excluding diaryl/α,β-unsaturated/α-hetero) is 1. The van der Waals surface area contributed by atoms with Gasteiger partial charge in [-0.1, -0.05) is 22.9 Å². The maximum Gasteiger partial charge on any atom is 0.147 e. The lowest BCUT2D eigenvalue weighted by atomic mass is 9.98. The molecule has 0 bridgehead atoms. The lowest BCUT2D eigenvalue weighted by Gasteiger charge is -2.32. The minimum atomic E-state index is -0.240. The molecule has 1 atom stereocenters. The minimum Gasteiger partial charge on any atom is -0.368 e. The van der Waals surface area contributed by atoms with Crippen LogP contribution < -0.4 is 4.90 Å². The zero-order chi connectivity index (χ0) is 11.7. The summed E-state index contributed by atoms with van der Waals surface area (Å²) in [5.41, 5.74) is 0.586. The van der Waals surface area contributed by atoms with Crippen LogP contribution >= 0.6 is 15.9 Å². The van der Waals surface area contributed by atoms with Gasteiger partial charge in [0.1, 0.15) is 11.6 Å². The lowest BCUT2D eigenvalue weighted by molar-refractivity contribution is -0.122. The van der Waals surface area contributed by atoms with Crippen molar-refractivity contribution in [2.24, 2.45) is 5.92 Å². The Labute approximate surface area is 103 Å². The smallest absolute Gasteiger partial charge is 0.147 e. The number of carbonyl (C=O) groups is 1. The summed E-state index contributed by atoms with van der Waals surface area (Å²) >= 11 is 3.23. The molecule has 0 amide bonds. The van der Waals surface area contributed by atoms with Gasteiger partial charge in [-0.15, -0.1) is 0 Å². The fourth-order valence-corrected chi connectivity index (χ4v) is 2.30. The van der Waals surface area contributed by atoms with Gasteiger partial charge in [0.25, 0.3) is 0 Å². The predicted molar refractivity (Wildman–Crippen MR) is 65.1 cm³/mol. The van der Waals surface area contributed by atoms with Gasteiger partial charge in [0.2, 0.25) is 0 Å². The van der Waals surface area contributed by atoms with Gasteiger partial charge in [-0.2, -0.15) is 0 Å². The second-order valence-corrected chi connectivity index (χ2v) is 5.07. The average Bonchev–Trinajstić information content (AvgIpc) is 2.22. The minimum absolute atomic E-state index is 0.00297. The summed E-state index contributed by atoms with van der Waals surface area (Å²) in [6.45, 7) is 3.12. The molecule has 1 unspecified atom stereocenters. The van der Waals surface area contributed by atoms with Gasteiger partial charge in [-0.3, -0.25) is 4.79 Å². The second kappa shape index (κ2) is 4.53. The van der Waals surface area contributed by atoms with Crippen LogP contribution in [0.2, 0.25) is 0 Å². The highest BCUT2D eigenvalue weighted by Crippen LogP contribution is 2.26. The van der Waals surface area contributed by atoms with E-state index in [1.165, 1.54) is 6.07 Å². The molecule has 2 rings (SSSR count). The van der Waals surface area contributed by atoms with Gasteiger partial charge in [0, 0.05) is 29.9 Å². The Bertz CT molecular complexity index is 421. The normalized spacial score (nSPS) is 21.3. The van der Waals surface area contributed by atoms with E-state index in [-0.39, 0.29) is 17.5 Å². The van der Waals surface area contributed by atoms with E-state index < -0.39 is 0 Å². The zero-order valence-corrected chi connectivity index (χ0v) is 10.6. The first-order chi connectivity index (χ1) is 7.58. The molecule has 1 fully saturated rings. The quantitative estimate of drug-likeness (QED) is 0.791. The number of carbonyl (C=O) groups excluding carboxylic acids is 1. The first kappa shape index (κ1) is 11.6. The van der Waals surface area contributed by atoms with Gasteiger partial charge in [-0.05, 0) is 18.2 Å². The SMILES string of the molecule is CC1CN(c2ccc(Br)cc2F)CCC1=O. The molecule has 4 heteroatoms. The van der Waals surface area contributed by atoms with Crippen LogP contribution in [0, 0.1) is 11.7 Å². The maximum absolute atomic E-state index is 13.7. The van der Waals surface area contributed by atoms with Crippen LogP contribution in [0.25, 0.3) is 0 Å². The van der Waals surface area contributed by atoms with Gasteiger partial charge in [-0.25, -0.2) is 4.39 Å². The van der Waals surface area contributed by atoms with Crippen LogP contribution in [-0.4, -0.2) is 18.9 Å². The summed E-state index contributed by atoms with van der Waals surface area (Å²) in [6.07, 6.45) is 0.511. The predicted octanol–water partition coefficient (Wildman–Crippen LogP) is 3.00. The van der Waals surface area contributed by atoms with Crippen molar-refractivity contribution in [1.82, 2.24) is 0 Å². The fourth-order valence-electron chi connectivity index (χ4n) is 1.97. The van der Waals surface area contributed by atoms with Crippen molar-refractivity contribution in [2.75, 3.05) is 18.0 Å². The summed E-state index contributed by atoms with van der Waals surface area (Å²) in [4.78, 5) is 13.3. The van der Waals surface area contributed by atoms with E-state index in [2.05, 4.69) is 15.9 Å². The van der Waals surface area contributed by atoms with Crippen LogP contribution in [0.4, 0.5) is 10.1 Å².